The van der Waals surface area contributed by atoms with E-state index in [1.807, 2.05) is 12.2 Å². The minimum Gasteiger partial charge on any atom is -0.487 e. The van der Waals surface area contributed by atoms with Crippen molar-refractivity contribution in [2.75, 3.05) is 11.4 Å². The molecule has 4 heteroatoms. The molecule has 3 aliphatic rings. The molecule has 1 saturated carbocycles. The highest BCUT2D eigenvalue weighted by molar-refractivity contribution is 5.69. The molecule has 0 radical (unpaired) electrons. The van der Waals surface area contributed by atoms with E-state index in [2.05, 4.69) is 70.4 Å². The molecule has 1 spiro atoms. The van der Waals surface area contributed by atoms with Crippen LogP contribution in [0.25, 0.3) is 10.9 Å². The molecule has 0 N–H and O–H groups in total. The molecule has 0 atom stereocenters. The molecule has 0 amide bonds. The van der Waals surface area contributed by atoms with Crippen molar-refractivity contribution in [3.05, 3.63) is 100 Å². The second kappa shape index (κ2) is 9.62. The number of anilines is 2. The molecule has 4 nitrogen and oxygen atoms in total. The quantitative estimate of drug-likeness (QED) is 0.361. The van der Waals surface area contributed by atoms with Crippen LogP contribution in [0.2, 0.25) is 0 Å². The minimum absolute atomic E-state index is 0.185. The number of aryl methyl sites for hydroxylation is 1. The van der Waals surface area contributed by atoms with Gasteiger partial charge in [0.05, 0.1) is 12.6 Å². The smallest absolute Gasteiger partial charge is 0.265 e. The van der Waals surface area contributed by atoms with Crippen LogP contribution in [-0.2, 0) is 11.2 Å². The van der Waals surface area contributed by atoms with Crippen molar-refractivity contribution in [2.24, 2.45) is 0 Å². The van der Waals surface area contributed by atoms with Crippen LogP contribution in [0.4, 0.5) is 11.4 Å². The molecule has 170 valence electrons. The molecule has 0 bridgehead atoms. The molecule has 1 aliphatic carbocycles. The SMILES string of the molecule is [C-]#[N+]/C(C#N)=C1C=C(/C=C/c2ccc(N3CCCc4ccccc43)cc2)OC2(CCCCC2)C\1. The van der Waals surface area contributed by atoms with Crippen LogP contribution in [0, 0.1) is 17.9 Å². The van der Waals surface area contributed by atoms with E-state index < -0.39 is 0 Å². The fourth-order valence-electron chi connectivity index (χ4n) is 5.51. The predicted octanol–water partition coefficient (Wildman–Crippen LogP) is 7.49. The van der Waals surface area contributed by atoms with Crippen molar-refractivity contribution in [3.63, 3.8) is 0 Å². The zero-order chi connectivity index (χ0) is 23.4. The summed E-state index contributed by atoms with van der Waals surface area (Å²) in [6.07, 6.45) is 14.3. The summed E-state index contributed by atoms with van der Waals surface area (Å²) in [5.74, 6) is 0.744. The molecule has 2 heterocycles. The minimum atomic E-state index is -0.277. The number of allylic oxidation sites excluding steroid dienone is 3. The van der Waals surface area contributed by atoms with E-state index in [0.717, 1.165) is 62.0 Å². The van der Waals surface area contributed by atoms with Crippen LogP contribution in [-0.4, -0.2) is 12.1 Å². The molecule has 2 aliphatic heterocycles. The van der Waals surface area contributed by atoms with Crippen molar-refractivity contribution in [3.8, 4) is 6.07 Å². The van der Waals surface area contributed by atoms with E-state index in [9.17, 15) is 5.26 Å². The van der Waals surface area contributed by atoms with Crippen molar-refractivity contribution >= 4 is 17.5 Å². The number of benzene rings is 2. The van der Waals surface area contributed by atoms with Gasteiger partial charge in [-0.25, -0.2) is 10.1 Å². The Kier molecular flexibility index (Phi) is 6.24. The van der Waals surface area contributed by atoms with Gasteiger partial charge in [-0.05, 0) is 85.6 Å². The molecule has 1 fully saturated rings. The van der Waals surface area contributed by atoms with Gasteiger partial charge in [0.25, 0.3) is 5.70 Å². The van der Waals surface area contributed by atoms with E-state index in [0.29, 0.717) is 6.42 Å². The standard InChI is InChI=1S/C30H29N3O/c1-32-28(22-31)25-20-27(34-30(21-25)17-5-2-6-18-30)16-13-23-11-14-26(15-12-23)33-19-7-9-24-8-3-4-10-29(24)33/h3-4,8,10-16,20H,2,5-7,9,17-19,21H2/b16-13+,28-25+. The van der Waals surface area contributed by atoms with Gasteiger partial charge < -0.3 is 9.64 Å². The highest BCUT2D eigenvalue weighted by Gasteiger charge is 2.38. The van der Waals surface area contributed by atoms with Crippen molar-refractivity contribution < 1.29 is 4.74 Å². The number of fused-ring (bicyclic) bond motifs is 1. The summed E-state index contributed by atoms with van der Waals surface area (Å²) in [5.41, 5.74) is 5.74. The zero-order valence-electron chi connectivity index (χ0n) is 19.5. The topological polar surface area (TPSA) is 40.6 Å². The molecule has 0 saturated heterocycles. The maximum atomic E-state index is 9.44. The third kappa shape index (κ3) is 4.50. The predicted molar refractivity (Wildman–Crippen MR) is 136 cm³/mol. The number of para-hydroxylation sites is 1. The van der Waals surface area contributed by atoms with E-state index in [4.69, 9.17) is 11.3 Å². The number of ether oxygens (including phenoxy) is 1. The average Bonchev–Trinajstić information content (AvgIpc) is 2.88. The summed E-state index contributed by atoms with van der Waals surface area (Å²) in [5, 5.41) is 9.44. The van der Waals surface area contributed by atoms with Gasteiger partial charge in [-0.15, -0.1) is 0 Å². The maximum Gasteiger partial charge on any atom is 0.265 e. The van der Waals surface area contributed by atoms with Crippen molar-refractivity contribution in [2.45, 2.75) is 57.0 Å². The Bertz CT molecular complexity index is 1220. The number of rotatable bonds is 3. The largest absolute Gasteiger partial charge is 0.487 e. The molecule has 34 heavy (non-hydrogen) atoms. The number of hydrogen-bond donors (Lipinski definition) is 0. The maximum absolute atomic E-state index is 9.44. The summed E-state index contributed by atoms with van der Waals surface area (Å²) in [6.45, 7) is 8.44. The van der Waals surface area contributed by atoms with Gasteiger partial charge in [0.2, 0.25) is 0 Å². The first-order valence-electron chi connectivity index (χ1n) is 12.2. The van der Waals surface area contributed by atoms with Crippen LogP contribution in [0.5, 0.6) is 0 Å². The first kappa shape index (κ1) is 22.1. The van der Waals surface area contributed by atoms with Gasteiger partial charge in [-0.3, -0.25) is 0 Å². The van der Waals surface area contributed by atoms with Gasteiger partial charge in [-0.2, -0.15) is 0 Å². The summed E-state index contributed by atoms with van der Waals surface area (Å²) in [4.78, 5) is 5.87. The fraction of sp³-hybridized carbons (Fsp3) is 0.333. The molecule has 0 aromatic heterocycles. The van der Waals surface area contributed by atoms with Crippen LogP contribution in [0.15, 0.2) is 77.7 Å². The van der Waals surface area contributed by atoms with Crippen LogP contribution in [0.1, 0.15) is 56.1 Å². The Labute approximate surface area is 202 Å². The number of nitriles is 1. The Hall–Kier alpha value is -3.76. The van der Waals surface area contributed by atoms with Crippen molar-refractivity contribution in [1.82, 2.24) is 0 Å². The fourth-order valence-corrected chi connectivity index (χ4v) is 5.51. The summed E-state index contributed by atoms with van der Waals surface area (Å²) in [7, 11) is 0. The van der Waals surface area contributed by atoms with Crippen molar-refractivity contribution in [1.29, 1.82) is 5.26 Å². The average molecular weight is 448 g/mol. The van der Waals surface area contributed by atoms with E-state index in [1.54, 1.807) is 0 Å². The Balaban J connectivity index is 1.38. The molecular weight excluding hydrogens is 418 g/mol. The summed E-state index contributed by atoms with van der Waals surface area (Å²) >= 11 is 0. The Morgan fingerprint density at radius 2 is 1.82 bits per heavy atom. The lowest BCUT2D eigenvalue weighted by Gasteiger charge is -2.41. The van der Waals surface area contributed by atoms with Gasteiger partial charge in [0.1, 0.15) is 11.4 Å². The van der Waals surface area contributed by atoms with E-state index in [-0.39, 0.29) is 11.3 Å². The highest BCUT2D eigenvalue weighted by atomic mass is 16.5. The van der Waals surface area contributed by atoms with E-state index >= 15 is 0 Å². The molecular formula is C30H29N3O. The normalized spacial score (nSPS) is 20.6. The molecule has 2 aromatic rings. The number of hydrogen-bond acceptors (Lipinski definition) is 3. The van der Waals surface area contributed by atoms with Gasteiger partial charge >= 0.3 is 0 Å². The third-order valence-corrected chi connectivity index (χ3v) is 7.21. The molecule has 0 unspecified atom stereocenters. The van der Waals surface area contributed by atoms with Crippen LogP contribution in [0.3, 0.4) is 0 Å². The van der Waals surface area contributed by atoms with Gasteiger partial charge in [0.15, 0.2) is 0 Å². The van der Waals surface area contributed by atoms with Gasteiger partial charge in [-0.1, -0.05) is 42.8 Å². The Morgan fingerprint density at radius 3 is 2.59 bits per heavy atom. The van der Waals surface area contributed by atoms with Gasteiger partial charge in [0, 0.05) is 24.3 Å². The van der Waals surface area contributed by atoms with E-state index in [1.165, 1.54) is 23.4 Å². The highest BCUT2D eigenvalue weighted by Crippen LogP contribution is 2.43. The summed E-state index contributed by atoms with van der Waals surface area (Å²) in [6, 6.07) is 19.4. The lowest BCUT2D eigenvalue weighted by Crippen LogP contribution is -2.37. The Morgan fingerprint density at radius 1 is 1.03 bits per heavy atom. The second-order valence-electron chi connectivity index (χ2n) is 9.48. The van der Waals surface area contributed by atoms with Crippen LogP contribution < -0.4 is 4.90 Å². The lowest BCUT2D eigenvalue weighted by atomic mass is 9.78. The number of nitrogens with zero attached hydrogens (tertiary/aromatic N) is 3. The second-order valence-corrected chi connectivity index (χ2v) is 9.48. The monoisotopic (exact) mass is 447 g/mol. The first-order chi connectivity index (χ1) is 16.7. The first-order valence-corrected chi connectivity index (χ1v) is 12.2. The zero-order valence-corrected chi connectivity index (χ0v) is 19.5. The molecule has 5 rings (SSSR count). The molecule has 2 aromatic carbocycles. The third-order valence-electron chi connectivity index (χ3n) is 7.21. The lowest BCUT2D eigenvalue weighted by molar-refractivity contribution is -0.0285. The van der Waals surface area contributed by atoms with Crippen LogP contribution >= 0.6 is 0 Å². The summed E-state index contributed by atoms with van der Waals surface area (Å²) < 4.78 is 6.48.